The van der Waals surface area contributed by atoms with Crippen molar-refractivity contribution in [3.63, 3.8) is 0 Å². The minimum atomic E-state index is -4.50. The Morgan fingerprint density at radius 2 is 1.56 bits per heavy atom. The average molecular weight is 701 g/mol. The van der Waals surface area contributed by atoms with Crippen molar-refractivity contribution >= 4 is 67.4 Å². The molecule has 246 valence electrons. The number of hydrogen-bond acceptors (Lipinski definition) is 9. The van der Waals surface area contributed by atoms with E-state index in [0.717, 1.165) is 21.6 Å². The standard InChI is InChI=1S/C36H32N2O7S3/c1-4-45-33(40)32-36(34(41)37(35(46)47-36)25-10-6-5-7-11-25)29(22-31(39)24-16-18-26(44-3)19-17-24)28-12-8-9-13-30(28)38(32)48(42,43)27-20-14-23(2)15-21-27/h5-21,29,32H,4,22H2,1-3H3/t29-,32-,36-/m1/s1. The molecule has 2 aliphatic heterocycles. The molecule has 2 aliphatic rings. The van der Waals surface area contributed by atoms with Gasteiger partial charge in [-0.3, -0.25) is 14.5 Å². The minimum absolute atomic E-state index is 0.0713. The van der Waals surface area contributed by atoms with E-state index in [2.05, 4.69) is 0 Å². The van der Waals surface area contributed by atoms with Crippen molar-refractivity contribution in [1.82, 2.24) is 0 Å². The van der Waals surface area contributed by atoms with Crippen molar-refractivity contribution in [1.29, 1.82) is 0 Å². The molecule has 0 N–H and O–H groups in total. The predicted molar refractivity (Wildman–Crippen MR) is 189 cm³/mol. The molecule has 1 saturated heterocycles. The van der Waals surface area contributed by atoms with Crippen LogP contribution in [0.3, 0.4) is 0 Å². The third-order valence-corrected chi connectivity index (χ3v) is 12.2. The van der Waals surface area contributed by atoms with Crippen molar-refractivity contribution in [2.24, 2.45) is 0 Å². The summed E-state index contributed by atoms with van der Waals surface area (Å²) < 4.78 is 39.5. The molecule has 6 rings (SSSR count). The summed E-state index contributed by atoms with van der Waals surface area (Å²) in [5, 5.41) is 0. The van der Waals surface area contributed by atoms with E-state index >= 15 is 4.79 Å². The van der Waals surface area contributed by atoms with Gasteiger partial charge in [-0.1, -0.05) is 78.1 Å². The van der Waals surface area contributed by atoms with E-state index in [9.17, 15) is 18.0 Å². The number of Topliss-reactive ketones (excluding diaryl/α,β-unsaturated/α-hetero) is 1. The van der Waals surface area contributed by atoms with Gasteiger partial charge < -0.3 is 9.47 Å². The number of esters is 1. The first kappa shape index (κ1) is 33.4. The van der Waals surface area contributed by atoms with Crippen LogP contribution in [-0.2, 0) is 24.3 Å². The quantitative estimate of drug-likeness (QED) is 0.113. The van der Waals surface area contributed by atoms with Gasteiger partial charge in [0.2, 0.25) is 0 Å². The van der Waals surface area contributed by atoms with Gasteiger partial charge in [0.05, 0.1) is 30.0 Å². The Balaban J connectivity index is 1.63. The number of rotatable bonds is 9. The number of ether oxygens (including phenoxy) is 2. The van der Waals surface area contributed by atoms with Crippen LogP contribution in [0.5, 0.6) is 5.75 Å². The lowest BCUT2D eigenvalue weighted by Crippen LogP contribution is -2.66. The summed E-state index contributed by atoms with van der Waals surface area (Å²) in [5.41, 5.74) is 2.24. The van der Waals surface area contributed by atoms with Crippen molar-refractivity contribution in [2.75, 3.05) is 22.9 Å². The first-order chi connectivity index (χ1) is 23.0. The normalized spacial score (nSPS) is 20.5. The molecule has 0 aliphatic carbocycles. The monoisotopic (exact) mass is 700 g/mol. The number of fused-ring (bicyclic) bond motifs is 1. The van der Waals surface area contributed by atoms with Gasteiger partial charge in [0, 0.05) is 17.9 Å². The zero-order valence-corrected chi connectivity index (χ0v) is 28.8. The van der Waals surface area contributed by atoms with E-state index < -0.39 is 38.6 Å². The Morgan fingerprint density at radius 1 is 0.917 bits per heavy atom. The van der Waals surface area contributed by atoms with E-state index in [4.69, 9.17) is 21.7 Å². The summed E-state index contributed by atoms with van der Waals surface area (Å²) in [6.07, 6.45) is -0.234. The summed E-state index contributed by atoms with van der Waals surface area (Å²) in [7, 11) is -2.97. The zero-order valence-electron chi connectivity index (χ0n) is 26.4. The lowest BCUT2D eigenvalue weighted by molar-refractivity contribution is -0.147. The maximum atomic E-state index is 15.1. The van der Waals surface area contributed by atoms with Crippen LogP contribution in [0.4, 0.5) is 11.4 Å². The van der Waals surface area contributed by atoms with E-state index in [-0.39, 0.29) is 33.7 Å². The fraction of sp³-hybridized carbons (Fsp3) is 0.222. The maximum Gasteiger partial charge on any atom is 0.332 e. The Morgan fingerprint density at radius 3 is 2.21 bits per heavy atom. The number of anilines is 2. The molecular weight excluding hydrogens is 669 g/mol. The topological polar surface area (TPSA) is 110 Å². The van der Waals surface area contributed by atoms with Gasteiger partial charge in [0.15, 0.2) is 11.8 Å². The molecule has 9 nitrogen and oxygen atoms in total. The maximum absolute atomic E-state index is 15.1. The van der Waals surface area contributed by atoms with Crippen molar-refractivity contribution < 1.29 is 32.3 Å². The molecule has 4 aromatic rings. The zero-order chi connectivity index (χ0) is 34.2. The highest BCUT2D eigenvalue weighted by Crippen LogP contribution is 2.59. The number of amides is 1. The second-order valence-electron chi connectivity index (χ2n) is 11.4. The van der Waals surface area contributed by atoms with Crippen LogP contribution in [0.15, 0.2) is 108 Å². The van der Waals surface area contributed by atoms with Crippen LogP contribution in [0, 0.1) is 6.92 Å². The van der Waals surface area contributed by atoms with Crippen molar-refractivity contribution in [3.05, 3.63) is 120 Å². The molecule has 48 heavy (non-hydrogen) atoms. The number of benzene rings is 4. The lowest BCUT2D eigenvalue weighted by Gasteiger charge is -2.49. The number of nitrogens with zero attached hydrogens (tertiary/aromatic N) is 2. The molecule has 2 heterocycles. The number of thioether (sulfide) groups is 1. The highest BCUT2D eigenvalue weighted by molar-refractivity contribution is 8.25. The van der Waals surface area contributed by atoms with Gasteiger partial charge >= 0.3 is 5.97 Å². The Kier molecular flexibility index (Phi) is 9.16. The number of sulfonamides is 1. The summed E-state index contributed by atoms with van der Waals surface area (Å²) in [4.78, 5) is 44.8. The SMILES string of the molecule is CCOC(=O)[C@H]1N(S(=O)(=O)c2ccc(C)cc2)c2ccccc2[C@@H](CC(=O)c2ccc(OC)cc2)[C@@]12SC(=S)N(c1ccccc1)C2=O. The smallest absolute Gasteiger partial charge is 0.332 e. The fourth-order valence-corrected chi connectivity index (χ4v) is 10.1. The number of methoxy groups -OCH3 is 1. The van der Waals surface area contributed by atoms with Crippen molar-refractivity contribution in [2.45, 2.75) is 41.9 Å². The second-order valence-corrected chi connectivity index (χ2v) is 15.1. The fourth-order valence-electron chi connectivity index (χ4n) is 6.33. The van der Waals surface area contributed by atoms with Crippen LogP contribution in [0.2, 0.25) is 0 Å². The van der Waals surface area contributed by atoms with Crippen LogP contribution in [0.25, 0.3) is 0 Å². The molecule has 12 heteroatoms. The van der Waals surface area contributed by atoms with Crippen LogP contribution in [-0.4, -0.2) is 54.9 Å². The van der Waals surface area contributed by atoms with Gasteiger partial charge in [0.1, 0.15) is 14.8 Å². The molecule has 0 saturated carbocycles. The molecule has 1 spiro atoms. The number of para-hydroxylation sites is 2. The minimum Gasteiger partial charge on any atom is -0.497 e. The summed E-state index contributed by atoms with van der Waals surface area (Å²) in [6.45, 7) is 3.36. The molecule has 0 unspecified atom stereocenters. The van der Waals surface area contributed by atoms with Crippen molar-refractivity contribution in [3.8, 4) is 5.75 Å². The number of carbonyl (C=O) groups excluding carboxylic acids is 3. The van der Waals surface area contributed by atoms with Gasteiger partial charge in [-0.05, 0) is 74.0 Å². The van der Waals surface area contributed by atoms with Gasteiger partial charge in [0.25, 0.3) is 15.9 Å². The number of ketones is 1. The number of carbonyl (C=O) groups is 3. The highest BCUT2D eigenvalue weighted by atomic mass is 32.2. The molecular formula is C36H32N2O7S3. The van der Waals surface area contributed by atoms with Gasteiger partial charge in [-0.15, -0.1) is 0 Å². The molecule has 0 aromatic heterocycles. The van der Waals surface area contributed by atoms with E-state index in [1.165, 1.54) is 24.1 Å². The number of hydrogen-bond donors (Lipinski definition) is 0. The van der Waals surface area contributed by atoms with Crippen LogP contribution in [0.1, 0.15) is 40.7 Å². The second kappa shape index (κ2) is 13.2. The molecule has 0 radical (unpaired) electrons. The number of thiocarbonyl (C=S) groups is 1. The summed E-state index contributed by atoms with van der Waals surface area (Å²) >= 11 is 6.76. The van der Waals surface area contributed by atoms with Crippen LogP contribution >= 0.6 is 24.0 Å². The van der Waals surface area contributed by atoms with E-state index in [1.54, 1.807) is 97.9 Å². The largest absolute Gasteiger partial charge is 0.497 e. The molecule has 0 bridgehead atoms. The first-order valence-electron chi connectivity index (χ1n) is 15.2. The molecule has 1 fully saturated rings. The highest BCUT2D eigenvalue weighted by Gasteiger charge is 2.69. The Hall–Kier alpha value is -4.52. The lowest BCUT2D eigenvalue weighted by atomic mass is 9.72. The van der Waals surface area contributed by atoms with E-state index in [0.29, 0.717) is 22.6 Å². The molecule has 1 amide bonds. The van der Waals surface area contributed by atoms with Gasteiger partial charge in [-0.2, -0.15) is 0 Å². The predicted octanol–water partition coefficient (Wildman–Crippen LogP) is 6.30. The van der Waals surface area contributed by atoms with Gasteiger partial charge in [-0.25, -0.2) is 17.5 Å². The third-order valence-electron chi connectivity index (χ3n) is 8.59. The van der Waals surface area contributed by atoms with Crippen LogP contribution < -0.4 is 13.9 Å². The Bertz CT molecular complexity index is 2000. The first-order valence-corrected chi connectivity index (χ1v) is 17.9. The molecule has 3 atom stereocenters. The molecule has 4 aromatic carbocycles. The summed E-state index contributed by atoms with van der Waals surface area (Å²) in [6, 6.07) is 26.5. The third kappa shape index (κ3) is 5.57. The number of aryl methyl sites for hydroxylation is 1. The summed E-state index contributed by atoms with van der Waals surface area (Å²) in [5.74, 6) is -2.29. The Labute approximate surface area is 288 Å². The van der Waals surface area contributed by atoms with E-state index in [1.807, 2.05) is 6.92 Å². The average Bonchev–Trinajstić information content (AvgIpc) is 3.35.